The van der Waals surface area contributed by atoms with E-state index in [-0.39, 0.29) is 0 Å². The minimum Gasteiger partial charge on any atom is -0.423 e. The first-order chi connectivity index (χ1) is 7.58. The van der Waals surface area contributed by atoms with Crippen LogP contribution in [0.2, 0.25) is 5.02 Å². The lowest BCUT2D eigenvalue weighted by Gasteiger charge is -2.19. The van der Waals surface area contributed by atoms with Gasteiger partial charge in [0.2, 0.25) is 0 Å². The highest BCUT2D eigenvalue weighted by Gasteiger charge is 2.13. The summed E-state index contributed by atoms with van der Waals surface area (Å²) >= 11 is 6.07. The van der Waals surface area contributed by atoms with E-state index >= 15 is 0 Å². The Morgan fingerprint density at radius 2 is 1.88 bits per heavy atom. The van der Waals surface area contributed by atoms with E-state index in [4.69, 9.17) is 21.6 Å². The van der Waals surface area contributed by atoms with E-state index in [2.05, 4.69) is 18.7 Å². The molecule has 0 heterocycles. The molecule has 0 spiro atoms. The van der Waals surface area contributed by atoms with Crippen molar-refractivity contribution in [2.24, 2.45) is 0 Å². The summed E-state index contributed by atoms with van der Waals surface area (Å²) in [5.41, 5.74) is 1.41. The van der Waals surface area contributed by atoms with Crippen LogP contribution in [-0.2, 0) is 6.54 Å². The topological polar surface area (TPSA) is 43.7 Å². The minimum atomic E-state index is -1.44. The lowest BCUT2D eigenvalue weighted by molar-refractivity contribution is 0.296. The van der Waals surface area contributed by atoms with Gasteiger partial charge < -0.3 is 10.0 Å². The third-order valence-electron chi connectivity index (χ3n) is 2.66. The molecule has 0 fully saturated rings. The van der Waals surface area contributed by atoms with Crippen LogP contribution in [0.25, 0.3) is 0 Å². The Labute approximate surface area is 102 Å². The van der Waals surface area contributed by atoms with E-state index in [1.165, 1.54) is 0 Å². The van der Waals surface area contributed by atoms with Crippen molar-refractivity contribution < 1.29 is 10.0 Å². The molecule has 0 aliphatic rings. The van der Waals surface area contributed by atoms with Crippen molar-refractivity contribution in [2.45, 2.75) is 20.4 Å². The van der Waals surface area contributed by atoms with Gasteiger partial charge in [0.05, 0.1) is 0 Å². The Bertz CT molecular complexity index is 343. The molecule has 3 nitrogen and oxygen atoms in total. The first-order valence-electron chi connectivity index (χ1n) is 5.45. The van der Waals surface area contributed by atoms with E-state index in [9.17, 15) is 0 Å². The highest BCUT2D eigenvalue weighted by Crippen LogP contribution is 2.16. The standard InChI is InChI=1S/C11H17BClNO2/c1-3-14(4-2)8-9-7-10(12(15)16)5-6-11(9)13/h5-7,15-16H,3-4,8H2,1-2H3. The molecular formula is C11H17BClNO2. The second kappa shape index (κ2) is 6.25. The second-order valence-corrected chi connectivity index (χ2v) is 4.09. The molecule has 2 N–H and O–H groups in total. The molecule has 0 unspecified atom stereocenters. The van der Waals surface area contributed by atoms with Crippen LogP contribution in [0.3, 0.4) is 0 Å². The summed E-state index contributed by atoms with van der Waals surface area (Å²) in [6.07, 6.45) is 0. The average Bonchev–Trinajstić information content (AvgIpc) is 2.27. The van der Waals surface area contributed by atoms with Gasteiger partial charge in [-0.25, -0.2) is 0 Å². The quantitative estimate of drug-likeness (QED) is 0.752. The molecule has 0 bridgehead atoms. The van der Waals surface area contributed by atoms with Crippen LogP contribution >= 0.6 is 11.6 Å². The molecule has 1 rings (SSSR count). The van der Waals surface area contributed by atoms with Crippen LogP contribution in [0, 0.1) is 0 Å². The molecule has 0 aromatic heterocycles. The molecule has 5 heteroatoms. The molecule has 0 saturated carbocycles. The fourth-order valence-electron chi connectivity index (χ4n) is 1.56. The molecule has 88 valence electrons. The van der Waals surface area contributed by atoms with Gasteiger partial charge >= 0.3 is 7.12 Å². The Morgan fingerprint density at radius 1 is 1.25 bits per heavy atom. The zero-order valence-electron chi connectivity index (χ0n) is 9.65. The largest absolute Gasteiger partial charge is 0.488 e. The molecular weight excluding hydrogens is 224 g/mol. The molecule has 0 atom stereocenters. The number of hydrogen-bond acceptors (Lipinski definition) is 3. The van der Waals surface area contributed by atoms with Gasteiger partial charge in [-0.05, 0) is 30.2 Å². The number of nitrogens with zero attached hydrogens (tertiary/aromatic N) is 1. The molecule has 0 amide bonds. The fraction of sp³-hybridized carbons (Fsp3) is 0.455. The molecule has 16 heavy (non-hydrogen) atoms. The van der Waals surface area contributed by atoms with E-state index in [1.54, 1.807) is 18.2 Å². The maximum absolute atomic E-state index is 9.09. The van der Waals surface area contributed by atoms with Crippen LogP contribution in [-0.4, -0.2) is 35.2 Å². The van der Waals surface area contributed by atoms with Gasteiger partial charge in [-0.15, -0.1) is 0 Å². The normalized spacial score (nSPS) is 10.9. The van der Waals surface area contributed by atoms with E-state index < -0.39 is 7.12 Å². The lowest BCUT2D eigenvalue weighted by atomic mass is 9.79. The van der Waals surface area contributed by atoms with Crippen molar-refractivity contribution in [2.75, 3.05) is 13.1 Å². The van der Waals surface area contributed by atoms with Crippen LogP contribution in [0.4, 0.5) is 0 Å². The van der Waals surface area contributed by atoms with Gasteiger partial charge in [-0.2, -0.15) is 0 Å². The first-order valence-corrected chi connectivity index (χ1v) is 5.83. The molecule has 1 aromatic rings. The summed E-state index contributed by atoms with van der Waals surface area (Å²) in [5, 5.41) is 18.8. The summed E-state index contributed by atoms with van der Waals surface area (Å²) < 4.78 is 0. The maximum atomic E-state index is 9.09. The van der Waals surface area contributed by atoms with Crippen molar-refractivity contribution in [1.29, 1.82) is 0 Å². The maximum Gasteiger partial charge on any atom is 0.488 e. The minimum absolute atomic E-state index is 0.478. The lowest BCUT2D eigenvalue weighted by Crippen LogP contribution is -2.31. The fourth-order valence-corrected chi connectivity index (χ4v) is 1.74. The number of hydrogen-bond donors (Lipinski definition) is 2. The van der Waals surface area contributed by atoms with Crippen molar-refractivity contribution in [1.82, 2.24) is 4.90 Å². The second-order valence-electron chi connectivity index (χ2n) is 3.69. The van der Waals surface area contributed by atoms with Crippen molar-refractivity contribution >= 4 is 24.2 Å². The Kier molecular flexibility index (Phi) is 5.28. The van der Waals surface area contributed by atoms with Gasteiger partial charge in [-0.1, -0.05) is 37.6 Å². The molecule has 0 radical (unpaired) electrons. The predicted molar refractivity (Wildman–Crippen MR) is 67.9 cm³/mol. The van der Waals surface area contributed by atoms with Gasteiger partial charge in [0.1, 0.15) is 0 Å². The molecule has 0 aliphatic carbocycles. The highest BCUT2D eigenvalue weighted by atomic mass is 35.5. The monoisotopic (exact) mass is 241 g/mol. The first kappa shape index (κ1) is 13.5. The van der Waals surface area contributed by atoms with Crippen LogP contribution in [0.1, 0.15) is 19.4 Å². The highest BCUT2D eigenvalue weighted by molar-refractivity contribution is 6.58. The van der Waals surface area contributed by atoms with Crippen molar-refractivity contribution in [3.8, 4) is 0 Å². The Hall–Kier alpha value is -0.545. The van der Waals surface area contributed by atoms with Gasteiger partial charge in [0, 0.05) is 11.6 Å². The number of rotatable bonds is 5. The zero-order chi connectivity index (χ0) is 12.1. The summed E-state index contributed by atoms with van der Waals surface area (Å²) in [6, 6.07) is 5.07. The smallest absolute Gasteiger partial charge is 0.423 e. The Morgan fingerprint density at radius 3 is 2.38 bits per heavy atom. The van der Waals surface area contributed by atoms with Gasteiger partial charge in [-0.3, -0.25) is 4.90 Å². The predicted octanol–water partition coefficient (Wildman–Crippen LogP) is 0.862. The average molecular weight is 242 g/mol. The van der Waals surface area contributed by atoms with Gasteiger partial charge in [0.15, 0.2) is 0 Å². The van der Waals surface area contributed by atoms with E-state index in [1.807, 2.05) is 0 Å². The summed E-state index contributed by atoms with van der Waals surface area (Å²) in [6.45, 7) is 6.79. The Balaban J connectivity index is 2.89. The van der Waals surface area contributed by atoms with E-state index in [0.717, 1.165) is 25.2 Å². The SMILES string of the molecule is CCN(CC)Cc1cc(B(O)O)ccc1Cl. The molecule has 1 aromatic carbocycles. The van der Waals surface area contributed by atoms with Gasteiger partial charge in [0.25, 0.3) is 0 Å². The number of halogens is 1. The third-order valence-corrected chi connectivity index (χ3v) is 3.03. The van der Waals surface area contributed by atoms with Crippen LogP contribution < -0.4 is 5.46 Å². The third kappa shape index (κ3) is 3.49. The summed E-state index contributed by atoms with van der Waals surface area (Å²) in [5.74, 6) is 0. The van der Waals surface area contributed by atoms with Crippen LogP contribution in [0.15, 0.2) is 18.2 Å². The van der Waals surface area contributed by atoms with E-state index in [0.29, 0.717) is 10.5 Å². The molecule has 0 aliphatic heterocycles. The summed E-state index contributed by atoms with van der Waals surface area (Å²) in [7, 11) is -1.44. The van der Waals surface area contributed by atoms with Crippen molar-refractivity contribution in [3.63, 3.8) is 0 Å². The number of benzene rings is 1. The zero-order valence-corrected chi connectivity index (χ0v) is 10.4. The summed E-state index contributed by atoms with van der Waals surface area (Å²) in [4.78, 5) is 2.22. The van der Waals surface area contributed by atoms with Crippen molar-refractivity contribution in [3.05, 3.63) is 28.8 Å². The molecule has 0 saturated heterocycles. The van der Waals surface area contributed by atoms with Crippen LogP contribution in [0.5, 0.6) is 0 Å².